The van der Waals surface area contributed by atoms with Crippen LogP contribution >= 0.6 is 0 Å². The van der Waals surface area contributed by atoms with Crippen LogP contribution < -0.4 is 9.64 Å². The third-order valence-corrected chi connectivity index (χ3v) is 3.81. The Morgan fingerprint density at radius 3 is 3.00 bits per heavy atom. The van der Waals surface area contributed by atoms with Gasteiger partial charge in [0.1, 0.15) is 17.5 Å². The molecule has 2 aromatic rings. The Bertz CT molecular complexity index is 660. The van der Waals surface area contributed by atoms with E-state index in [1.54, 1.807) is 0 Å². The average molecular weight is 297 g/mol. The molecule has 0 amide bonds. The molecule has 5 heteroatoms. The monoisotopic (exact) mass is 297 g/mol. The van der Waals surface area contributed by atoms with Crippen molar-refractivity contribution in [2.45, 2.75) is 32.2 Å². The van der Waals surface area contributed by atoms with Crippen LogP contribution in [0.15, 0.2) is 34.7 Å². The second-order valence-electron chi connectivity index (χ2n) is 5.39. The maximum atomic E-state index is 9.19. The van der Waals surface area contributed by atoms with Crippen molar-refractivity contribution in [2.24, 2.45) is 0 Å². The molecule has 114 valence electrons. The number of hydrogen-bond donors (Lipinski definition) is 0. The smallest absolute Gasteiger partial charge is 0.220 e. The molecular weight excluding hydrogens is 278 g/mol. The van der Waals surface area contributed by atoms with Crippen LogP contribution in [0.1, 0.15) is 24.4 Å². The maximum absolute atomic E-state index is 9.19. The molecule has 0 radical (unpaired) electrons. The zero-order valence-corrected chi connectivity index (χ0v) is 12.7. The van der Waals surface area contributed by atoms with Gasteiger partial charge in [0.05, 0.1) is 19.1 Å². The Kier molecular flexibility index (Phi) is 4.29. The third kappa shape index (κ3) is 3.06. The largest absolute Gasteiger partial charge is 0.493 e. The summed E-state index contributed by atoms with van der Waals surface area (Å²) in [5, 5.41) is 9.19. The normalized spacial score (nSPS) is 17.5. The van der Waals surface area contributed by atoms with Crippen LogP contribution in [0.3, 0.4) is 0 Å². The van der Waals surface area contributed by atoms with Gasteiger partial charge >= 0.3 is 0 Å². The van der Waals surface area contributed by atoms with Gasteiger partial charge in [-0.25, -0.2) is 4.98 Å². The first-order valence-electron chi connectivity index (χ1n) is 7.58. The molecule has 1 aromatic heterocycles. The summed E-state index contributed by atoms with van der Waals surface area (Å²) in [6, 6.07) is 11.9. The predicted octanol–water partition coefficient (Wildman–Crippen LogP) is 3.10. The van der Waals surface area contributed by atoms with E-state index in [2.05, 4.69) is 11.1 Å². The highest BCUT2D eigenvalue weighted by Gasteiger charge is 2.28. The van der Waals surface area contributed by atoms with Crippen LogP contribution in [-0.2, 0) is 6.42 Å². The van der Waals surface area contributed by atoms with Crippen molar-refractivity contribution < 1.29 is 9.15 Å². The quantitative estimate of drug-likeness (QED) is 0.848. The summed E-state index contributed by atoms with van der Waals surface area (Å²) in [5.41, 5.74) is 0.844. The van der Waals surface area contributed by atoms with Gasteiger partial charge in [-0.05, 0) is 31.9 Å². The Balaban J connectivity index is 1.62. The minimum absolute atomic E-state index is 0.0972. The molecule has 0 saturated carbocycles. The Labute approximate surface area is 130 Å². The summed E-state index contributed by atoms with van der Waals surface area (Å²) >= 11 is 0. The highest BCUT2D eigenvalue weighted by molar-refractivity contribution is 5.44. The average Bonchev–Trinajstić information content (AvgIpc) is 3.14. The first-order valence-corrected chi connectivity index (χ1v) is 7.58. The SMILES string of the molecule is Cc1nc(CCOc2ccccc2)oc1N1CCC[C@H]1C#N. The number of anilines is 1. The van der Waals surface area contributed by atoms with E-state index in [1.165, 1.54) is 0 Å². The molecule has 0 unspecified atom stereocenters. The molecule has 0 bridgehead atoms. The molecule has 1 aliphatic rings. The molecule has 22 heavy (non-hydrogen) atoms. The number of hydrogen-bond acceptors (Lipinski definition) is 5. The summed E-state index contributed by atoms with van der Waals surface area (Å²) < 4.78 is 11.5. The van der Waals surface area contributed by atoms with Crippen molar-refractivity contribution in [1.82, 2.24) is 4.98 Å². The standard InChI is InChI=1S/C17H19N3O2/c1-13-17(20-10-5-6-14(20)12-18)22-16(19-13)9-11-21-15-7-3-2-4-8-15/h2-4,7-8,14H,5-6,9-11H2,1H3/t14-/m0/s1. The number of aromatic nitrogens is 1. The number of ether oxygens (including phenoxy) is 1. The van der Waals surface area contributed by atoms with E-state index in [9.17, 15) is 5.26 Å². The first-order chi connectivity index (χ1) is 10.8. The Morgan fingerprint density at radius 2 is 2.23 bits per heavy atom. The molecule has 1 fully saturated rings. The lowest BCUT2D eigenvalue weighted by atomic mass is 10.2. The van der Waals surface area contributed by atoms with Gasteiger partial charge in [-0.3, -0.25) is 0 Å². The molecule has 5 nitrogen and oxygen atoms in total. The molecule has 1 saturated heterocycles. The van der Waals surface area contributed by atoms with Crippen molar-refractivity contribution in [3.05, 3.63) is 41.9 Å². The van der Waals surface area contributed by atoms with Gasteiger partial charge in [0.2, 0.25) is 11.8 Å². The van der Waals surface area contributed by atoms with E-state index in [0.717, 1.165) is 36.7 Å². The van der Waals surface area contributed by atoms with Crippen LogP contribution in [0.2, 0.25) is 0 Å². The molecule has 1 atom stereocenters. The van der Waals surface area contributed by atoms with E-state index in [4.69, 9.17) is 9.15 Å². The van der Waals surface area contributed by atoms with Crippen LogP contribution in [0.25, 0.3) is 0 Å². The van der Waals surface area contributed by atoms with Gasteiger partial charge in [0, 0.05) is 6.54 Å². The number of nitrogens with zero attached hydrogens (tertiary/aromatic N) is 3. The van der Waals surface area contributed by atoms with Crippen molar-refractivity contribution >= 4 is 5.88 Å². The minimum atomic E-state index is -0.0972. The summed E-state index contributed by atoms with van der Waals surface area (Å²) in [5.74, 6) is 2.24. The summed E-state index contributed by atoms with van der Waals surface area (Å²) in [4.78, 5) is 6.48. The number of nitriles is 1. The van der Waals surface area contributed by atoms with Crippen molar-refractivity contribution in [2.75, 3.05) is 18.1 Å². The molecule has 0 spiro atoms. The fourth-order valence-corrected chi connectivity index (χ4v) is 2.73. The van der Waals surface area contributed by atoms with Gasteiger partial charge in [-0.2, -0.15) is 5.26 Å². The molecular formula is C17H19N3O2. The van der Waals surface area contributed by atoms with Crippen molar-refractivity contribution in [3.63, 3.8) is 0 Å². The second-order valence-corrected chi connectivity index (χ2v) is 5.39. The van der Waals surface area contributed by atoms with Gasteiger partial charge in [-0.1, -0.05) is 18.2 Å². The molecule has 0 aliphatic carbocycles. The van der Waals surface area contributed by atoms with E-state index >= 15 is 0 Å². The van der Waals surface area contributed by atoms with Crippen molar-refractivity contribution in [3.8, 4) is 11.8 Å². The maximum Gasteiger partial charge on any atom is 0.220 e. The zero-order chi connectivity index (χ0) is 15.4. The molecule has 1 aromatic carbocycles. The Morgan fingerprint density at radius 1 is 1.41 bits per heavy atom. The minimum Gasteiger partial charge on any atom is -0.493 e. The molecule has 2 heterocycles. The lowest BCUT2D eigenvalue weighted by Crippen LogP contribution is -2.27. The highest BCUT2D eigenvalue weighted by atomic mass is 16.5. The van der Waals surface area contributed by atoms with Crippen molar-refractivity contribution in [1.29, 1.82) is 5.26 Å². The molecule has 3 rings (SSSR count). The number of benzene rings is 1. The zero-order valence-electron chi connectivity index (χ0n) is 12.7. The van der Waals surface area contributed by atoms with Gasteiger partial charge in [0.25, 0.3) is 0 Å². The number of rotatable bonds is 5. The van der Waals surface area contributed by atoms with Gasteiger partial charge < -0.3 is 14.1 Å². The summed E-state index contributed by atoms with van der Waals surface area (Å²) in [7, 11) is 0. The Hall–Kier alpha value is -2.48. The predicted molar refractivity (Wildman–Crippen MR) is 82.9 cm³/mol. The van der Waals surface area contributed by atoms with Crippen LogP contribution in [0.4, 0.5) is 5.88 Å². The molecule has 0 N–H and O–H groups in total. The van der Waals surface area contributed by atoms with E-state index < -0.39 is 0 Å². The highest BCUT2D eigenvalue weighted by Crippen LogP contribution is 2.29. The molecule has 1 aliphatic heterocycles. The second kappa shape index (κ2) is 6.52. The van der Waals surface area contributed by atoms with Gasteiger partial charge in [0.15, 0.2) is 0 Å². The topological polar surface area (TPSA) is 62.3 Å². The van der Waals surface area contributed by atoms with Gasteiger partial charge in [-0.15, -0.1) is 0 Å². The number of oxazole rings is 1. The fourth-order valence-electron chi connectivity index (χ4n) is 2.73. The fraction of sp³-hybridized carbons (Fsp3) is 0.412. The summed E-state index contributed by atoms with van der Waals surface area (Å²) in [6.07, 6.45) is 2.52. The first kappa shape index (κ1) is 14.5. The van der Waals surface area contributed by atoms with Crippen LogP contribution in [0.5, 0.6) is 5.75 Å². The van der Waals surface area contributed by atoms with E-state index in [1.807, 2.05) is 42.2 Å². The van der Waals surface area contributed by atoms with E-state index in [0.29, 0.717) is 18.9 Å². The number of aryl methyl sites for hydroxylation is 1. The van der Waals surface area contributed by atoms with Crippen LogP contribution in [-0.4, -0.2) is 24.2 Å². The lowest BCUT2D eigenvalue weighted by molar-refractivity contribution is 0.306. The van der Waals surface area contributed by atoms with Crippen LogP contribution in [0, 0.1) is 18.3 Å². The van der Waals surface area contributed by atoms with E-state index in [-0.39, 0.29) is 6.04 Å². The summed E-state index contributed by atoms with van der Waals surface area (Å²) in [6.45, 7) is 3.30. The number of para-hydroxylation sites is 1. The lowest BCUT2D eigenvalue weighted by Gasteiger charge is -2.18. The third-order valence-electron chi connectivity index (χ3n) is 3.81.